The van der Waals surface area contributed by atoms with E-state index in [-0.39, 0.29) is 17.7 Å². The highest BCUT2D eigenvalue weighted by atomic mass is 35.5. The Kier molecular flexibility index (Phi) is 9.30. The Morgan fingerprint density at radius 3 is 2.29 bits per heavy atom. The summed E-state index contributed by atoms with van der Waals surface area (Å²) in [5.74, 6) is -1.89. The molecule has 0 radical (unpaired) electrons. The third-order valence-corrected chi connectivity index (χ3v) is 5.33. The summed E-state index contributed by atoms with van der Waals surface area (Å²) in [5.41, 5.74) is 0.545. The molecular weight excluding hydrogens is 424 g/mol. The van der Waals surface area contributed by atoms with Gasteiger partial charge < -0.3 is 19.7 Å². The summed E-state index contributed by atoms with van der Waals surface area (Å²) >= 11 is 5.85. The smallest absolute Gasteiger partial charge is 0.328 e. The molecule has 1 unspecified atom stereocenters. The first kappa shape index (κ1) is 24.7. The quantitative estimate of drug-likeness (QED) is 0.608. The van der Waals surface area contributed by atoms with Gasteiger partial charge in [0.05, 0.1) is 13.0 Å². The van der Waals surface area contributed by atoms with Crippen molar-refractivity contribution in [3.8, 4) is 0 Å². The lowest BCUT2D eigenvalue weighted by molar-refractivity contribution is -0.154. The lowest BCUT2D eigenvalue weighted by atomic mass is 9.96. The number of piperidine rings is 1. The fraction of sp³-hybridized carbons (Fsp3) is 0.545. The van der Waals surface area contributed by atoms with Crippen LogP contribution < -0.4 is 5.32 Å². The molecule has 0 aliphatic carbocycles. The van der Waals surface area contributed by atoms with Crippen LogP contribution in [0.4, 0.5) is 0 Å². The van der Waals surface area contributed by atoms with E-state index >= 15 is 0 Å². The average molecular weight is 453 g/mol. The van der Waals surface area contributed by atoms with Gasteiger partial charge in [-0.05, 0) is 49.4 Å². The lowest BCUT2D eigenvalue weighted by Crippen LogP contribution is -2.44. The van der Waals surface area contributed by atoms with Gasteiger partial charge in [-0.2, -0.15) is 0 Å². The van der Waals surface area contributed by atoms with Crippen LogP contribution in [0, 0.1) is 11.8 Å². The third kappa shape index (κ3) is 7.54. The molecule has 170 valence electrons. The highest BCUT2D eigenvalue weighted by Crippen LogP contribution is 2.21. The number of nitrogens with zero attached hydrogens (tertiary/aromatic N) is 1. The molecule has 1 heterocycles. The lowest BCUT2D eigenvalue weighted by Gasteiger charge is -2.31. The van der Waals surface area contributed by atoms with Gasteiger partial charge >= 0.3 is 11.9 Å². The van der Waals surface area contributed by atoms with Crippen molar-refractivity contribution in [2.45, 2.75) is 39.2 Å². The fourth-order valence-corrected chi connectivity index (χ4v) is 3.54. The molecule has 31 heavy (non-hydrogen) atoms. The highest BCUT2D eigenvalue weighted by molar-refractivity contribution is 6.30. The van der Waals surface area contributed by atoms with Gasteiger partial charge in [-0.3, -0.25) is 14.4 Å². The second kappa shape index (κ2) is 11.7. The molecule has 9 heteroatoms. The zero-order valence-corrected chi connectivity index (χ0v) is 18.8. The first-order valence-electron chi connectivity index (χ1n) is 10.3. The van der Waals surface area contributed by atoms with Crippen LogP contribution in [0.5, 0.6) is 0 Å². The molecule has 1 aliphatic heterocycles. The number of nitrogens with one attached hydrogen (secondary N) is 1. The summed E-state index contributed by atoms with van der Waals surface area (Å²) in [4.78, 5) is 50.4. The van der Waals surface area contributed by atoms with Crippen LogP contribution in [-0.4, -0.2) is 61.5 Å². The molecular formula is C22H29ClN2O6. The minimum Gasteiger partial charge on any atom is -0.467 e. The van der Waals surface area contributed by atoms with Crippen molar-refractivity contribution in [1.82, 2.24) is 10.2 Å². The number of hydrogen-bond donors (Lipinski definition) is 1. The molecule has 1 fully saturated rings. The third-order valence-electron chi connectivity index (χ3n) is 5.08. The average Bonchev–Trinajstić information content (AvgIpc) is 2.76. The molecule has 0 saturated carbocycles. The normalized spacial score (nSPS) is 15.3. The minimum absolute atomic E-state index is 0.109. The number of halogens is 1. The van der Waals surface area contributed by atoms with Crippen molar-refractivity contribution >= 4 is 35.4 Å². The zero-order chi connectivity index (χ0) is 23.0. The standard InChI is InChI=1S/C22H29ClN2O6/c1-14(2)12-18(22(29)30-3)24-19(26)13-31-21(28)16-8-10-25(11-9-16)20(27)15-4-6-17(23)7-5-15/h4-7,14,16,18H,8-13H2,1-3H3,(H,24,26). The Morgan fingerprint density at radius 2 is 1.74 bits per heavy atom. The van der Waals surface area contributed by atoms with Crippen LogP contribution in [-0.2, 0) is 23.9 Å². The summed E-state index contributed by atoms with van der Waals surface area (Å²) in [7, 11) is 1.26. The number of benzene rings is 1. The van der Waals surface area contributed by atoms with E-state index in [0.29, 0.717) is 42.9 Å². The maximum atomic E-state index is 12.5. The van der Waals surface area contributed by atoms with E-state index in [2.05, 4.69) is 5.32 Å². The predicted molar refractivity (Wildman–Crippen MR) is 114 cm³/mol. The van der Waals surface area contributed by atoms with Crippen LogP contribution in [0.1, 0.15) is 43.5 Å². The van der Waals surface area contributed by atoms with Gasteiger partial charge in [0.1, 0.15) is 6.04 Å². The Labute approximate surface area is 187 Å². The molecule has 0 spiro atoms. The number of hydrogen-bond acceptors (Lipinski definition) is 6. The van der Waals surface area contributed by atoms with Gasteiger partial charge in [-0.1, -0.05) is 25.4 Å². The highest BCUT2D eigenvalue weighted by Gasteiger charge is 2.30. The molecule has 2 amide bonds. The molecule has 1 aliphatic rings. The van der Waals surface area contributed by atoms with E-state index in [9.17, 15) is 19.2 Å². The van der Waals surface area contributed by atoms with Gasteiger partial charge in [0, 0.05) is 23.7 Å². The number of ether oxygens (including phenoxy) is 2. The summed E-state index contributed by atoms with van der Waals surface area (Å²) in [5, 5.41) is 3.11. The topological polar surface area (TPSA) is 102 Å². The molecule has 2 rings (SSSR count). The molecule has 1 N–H and O–H groups in total. The number of carbonyl (C=O) groups is 4. The summed E-state index contributed by atoms with van der Waals surface area (Å²) in [6.45, 7) is 4.23. The second-order valence-corrected chi connectivity index (χ2v) is 8.39. The van der Waals surface area contributed by atoms with Crippen molar-refractivity contribution in [2.75, 3.05) is 26.8 Å². The van der Waals surface area contributed by atoms with Crippen LogP contribution in [0.15, 0.2) is 24.3 Å². The molecule has 1 atom stereocenters. The Bertz CT molecular complexity index is 788. The number of amides is 2. The number of esters is 2. The largest absolute Gasteiger partial charge is 0.467 e. The fourth-order valence-electron chi connectivity index (χ4n) is 3.41. The van der Waals surface area contributed by atoms with E-state index in [4.69, 9.17) is 21.1 Å². The SMILES string of the molecule is COC(=O)C(CC(C)C)NC(=O)COC(=O)C1CCN(C(=O)c2ccc(Cl)cc2)CC1. The summed E-state index contributed by atoms with van der Waals surface area (Å²) in [6, 6.07) is 5.89. The molecule has 8 nitrogen and oxygen atoms in total. The molecule has 1 aromatic carbocycles. The van der Waals surface area contributed by atoms with Gasteiger partial charge in [0.25, 0.3) is 11.8 Å². The van der Waals surface area contributed by atoms with E-state index in [1.54, 1.807) is 29.2 Å². The molecule has 0 aromatic heterocycles. The maximum Gasteiger partial charge on any atom is 0.328 e. The van der Waals surface area contributed by atoms with Crippen molar-refractivity contribution in [3.63, 3.8) is 0 Å². The van der Waals surface area contributed by atoms with Crippen LogP contribution in [0.3, 0.4) is 0 Å². The Balaban J connectivity index is 1.78. The number of methoxy groups -OCH3 is 1. The minimum atomic E-state index is -0.779. The first-order chi connectivity index (χ1) is 14.7. The molecule has 1 aromatic rings. The number of rotatable bonds is 8. The Hall–Kier alpha value is -2.61. The molecule has 0 bridgehead atoms. The van der Waals surface area contributed by atoms with Crippen LogP contribution in [0.2, 0.25) is 5.02 Å². The number of carbonyl (C=O) groups excluding carboxylic acids is 4. The van der Waals surface area contributed by atoms with Gasteiger partial charge in [0.15, 0.2) is 6.61 Å². The molecule has 1 saturated heterocycles. The van der Waals surface area contributed by atoms with Crippen molar-refractivity contribution in [3.05, 3.63) is 34.9 Å². The van der Waals surface area contributed by atoms with Crippen molar-refractivity contribution in [2.24, 2.45) is 11.8 Å². The zero-order valence-electron chi connectivity index (χ0n) is 18.1. The Morgan fingerprint density at radius 1 is 1.13 bits per heavy atom. The van der Waals surface area contributed by atoms with E-state index in [0.717, 1.165) is 0 Å². The van der Waals surface area contributed by atoms with E-state index < -0.39 is 30.5 Å². The summed E-state index contributed by atoms with van der Waals surface area (Å²) < 4.78 is 9.84. The van der Waals surface area contributed by atoms with Gasteiger partial charge in [-0.15, -0.1) is 0 Å². The van der Waals surface area contributed by atoms with Gasteiger partial charge in [0.2, 0.25) is 0 Å². The summed E-state index contributed by atoms with van der Waals surface area (Å²) in [6.07, 6.45) is 1.34. The maximum absolute atomic E-state index is 12.5. The van der Waals surface area contributed by atoms with Gasteiger partial charge in [-0.25, -0.2) is 4.79 Å². The van der Waals surface area contributed by atoms with E-state index in [1.807, 2.05) is 13.8 Å². The van der Waals surface area contributed by atoms with E-state index in [1.165, 1.54) is 7.11 Å². The number of likely N-dealkylation sites (tertiary alicyclic amines) is 1. The monoisotopic (exact) mass is 452 g/mol. The van der Waals surface area contributed by atoms with Crippen molar-refractivity contribution < 1.29 is 28.7 Å². The first-order valence-corrected chi connectivity index (χ1v) is 10.7. The van der Waals surface area contributed by atoms with Crippen LogP contribution >= 0.6 is 11.6 Å². The van der Waals surface area contributed by atoms with Crippen LogP contribution in [0.25, 0.3) is 0 Å². The predicted octanol–water partition coefficient (Wildman–Crippen LogP) is 2.44. The second-order valence-electron chi connectivity index (χ2n) is 7.95. The van der Waals surface area contributed by atoms with Crippen molar-refractivity contribution in [1.29, 1.82) is 0 Å².